The fourth-order valence-electron chi connectivity index (χ4n) is 2.80. The Kier molecular flexibility index (Phi) is 3.54. The second-order valence-corrected chi connectivity index (χ2v) is 6.24. The molecule has 1 heterocycles. The fourth-order valence-corrected chi connectivity index (χ4v) is 3.81. The van der Waals surface area contributed by atoms with Crippen LogP contribution < -0.4 is 11.3 Å². The van der Waals surface area contributed by atoms with Crippen LogP contribution in [0.5, 0.6) is 0 Å². The van der Waals surface area contributed by atoms with Gasteiger partial charge < -0.3 is 4.74 Å². The first-order valence-electron chi connectivity index (χ1n) is 6.63. The minimum absolute atomic E-state index is 0.105. The lowest BCUT2D eigenvalue weighted by Gasteiger charge is -2.46. The summed E-state index contributed by atoms with van der Waals surface area (Å²) in [6, 6.07) is 8.36. The Hall–Kier alpha value is -1.01. The summed E-state index contributed by atoms with van der Waals surface area (Å²) in [6.07, 6.45) is 4.18. The normalized spacial score (nSPS) is 19.3. The van der Waals surface area contributed by atoms with Gasteiger partial charge in [0.25, 0.3) is 0 Å². The molecule has 1 aromatic carbocycles. The fraction of sp³-hybridized carbons (Fsp3) is 0.500. The smallest absolute Gasteiger partial charge is 0.0955 e. The standard InChI is InChI=1S/C14H19N3OS/c1-18-14(7-4-8-14)12(17-15)9-13-16-10-5-2-3-6-11(10)19-13/h2-3,5-6,12,17H,4,7-9,15H2,1H3. The number of hydrazine groups is 1. The molecule has 0 spiro atoms. The molecule has 1 fully saturated rings. The molecule has 1 aliphatic carbocycles. The maximum absolute atomic E-state index is 5.73. The number of ether oxygens (including phenoxy) is 1. The van der Waals surface area contributed by atoms with Gasteiger partial charge in [0.2, 0.25) is 0 Å². The van der Waals surface area contributed by atoms with Gasteiger partial charge in [-0.25, -0.2) is 4.98 Å². The van der Waals surface area contributed by atoms with Gasteiger partial charge in [-0.2, -0.15) is 0 Å². The quantitative estimate of drug-likeness (QED) is 0.650. The third kappa shape index (κ3) is 2.27. The highest BCUT2D eigenvalue weighted by Crippen LogP contribution is 2.39. The molecular weight excluding hydrogens is 258 g/mol. The predicted octanol–water partition coefficient (Wildman–Crippen LogP) is 2.24. The number of hydrogen-bond acceptors (Lipinski definition) is 5. The Morgan fingerprint density at radius 3 is 2.84 bits per heavy atom. The van der Waals surface area contributed by atoms with Crippen molar-refractivity contribution in [3.8, 4) is 0 Å². The summed E-state index contributed by atoms with van der Waals surface area (Å²) in [6.45, 7) is 0. The monoisotopic (exact) mass is 277 g/mol. The Balaban J connectivity index is 1.82. The molecule has 1 saturated carbocycles. The molecule has 4 nitrogen and oxygen atoms in total. The maximum Gasteiger partial charge on any atom is 0.0955 e. The number of methoxy groups -OCH3 is 1. The van der Waals surface area contributed by atoms with Crippen molar-refractivity contribution in [2.24, 2.45) is 5.84 Å². The Labute approximate surface area is 116 Å². The van der Waals surface area contributed by atoms with E-state index in [2.05, 4.69) is 22.5 Å². The zero-order chi connectivity index (χ0) is 13.3. The number of benzene rings is 1. The van der Waals surface area contributed by atoms with E-state index in [1.54, 1.807) is 18.4 Å². The van der Waals surface area contributed by atoms with Gasteiger partial charge in [0, 0.05) is 13.5 Å². The topological polar surface area (TPSA) is 60.2 Å². The van der Waals surface area contributed by atoms with Gasteiger partial charge >= 0.3 is 0 Å². The number of aromatic nitrogens is 1. The molecule has 3 N–H and O–H groups in total. The molecule has 0 bridgehead atoms. The second-order valence-electron chi connectivity index (χ2n) is 5.12. The van der Waals surface area contributed by atoms with Crippen LogP contribution >= 0.6 is 11.3 Å². The highest BCUT2D eigenvalue weighted by molar-refractivity contribution is 7.18. The number of thiazole rings is 1. The first kappa shape index (κ1) is 13.0. The largest absolute Gasteiger partial charge is 0.377 e. The number of nitrogens with zero attached hydrogens (tertiary/aromatic N) is 1. The highest BCUT2D eigenvalue weighted by Gasteiger charge is 2.44. The molecule has 2 aromatic rings. The van der Waals surface area contributed by atoms with Gasteiger partial charge in [-0.3, -0.25) is 11.3 Å². The summed E-state index contributed by atoms with van der Waals surface area (Å²) in [5, 5.41) is 1.12. The molecule has 1 aliphatic rings. The highest BCUT2D eigenvalue weighted by atomic mass is 32.1. The van der Waals surface area contributed by atoms with Gasteiger partial charge in [-0.15, -0.1) is 11.3 Å². The molecule has 0 aliphatic heterocycles. The molecule has 0 saturated heterocycles. The average Bonchev–Trinajstić information content (AvgIpc) is 2.79. The summed E-state index contributed by atoms with van der Waals surface area (Å²) in [7, 11) is 1.78. The number of fused-ring (bicyclic) bond motifs is 1. The van der Waals surface area contributed by atoms with Crippen molar-refractivity contribution in [2.75, 3.05) is 7.11 Å². The van der Waals surface area contributed by atoms with Crippen LogP contribution in [0, 0.1) is 0 Å². The van der Waals surface area contributed by atoms with Crippen LogP contribution in [0.15, 0.2) is 24.3 Å². The van der Waals surface area contributed by atoms with E-state index in [1.807, 2.05) is 12.1 Å². The summed E-state index contributed by atoms with van der Waals surface area (Å²) < 4.78 is 6.94. The van der Waals surface area contributed by atoms with Crippen molar-refractivity contribution >= 4 is 21.6 Å². The Morgan fingerprint density at radius 2 is 2.26 bits per heavy atom. The molecule has 102 valence electrons. The SMILES string of the molecule is COC1(C(Cc2nc3ccccc3s2)NN)CCC1. The lowest BCUT2D eigenvalue weighted by Crippen LogP contribution is -2.59. The van der Waals surface area contributed by atoms with Gasteiger partial charge in [0.05, 0.1) is 26.9 Å². The van der Waals surface area contributed by atoms with E-state index < -0.39 is 0 Å². The number of nitrogens with two attached hydrogens (primary N) is 1. The molecular formula is C14H19N3OS. The van der Waals surface area contributed by atoms with E-state index in [0.29, 0.717) is 0 Å². The van der Waals surface area contributed by atoms with Crippen LogP contribution in [0.25, 0.3) is 10.2 Å². The average molecular weight is 277 g/mol. The molecule has 0 radical (unpaired) electrons. The summed E-state index contributed by atoms with van der Waals surface area (Å²) in [5.41, 5.74) is 3.89. The first-order valence-corrected chi connectivity index (χ1v) is 7.45. The Morgan fingerprint density at radius 1 is 1.47 bits per heavy atom. The van der Waals surface area contributed by atoms with Crippen molar-refractivity contribution in [2.45, 2.75) is 37.3 Å². The Bertz CT molecular complexity index is 526. The van der Waals surface area contributed by atoms with Crippen LogP contribution in [-0.4, -0.2) is 23.7 Å². The van der Waals surface area contributed by atoms with E-state index in [9.17, 15) is 0 Å². The molecule has 1 unspecified atom stereocenters. The lowest BCUT2D eigenvalue weighted by atomic mass is 9.73. The molecule has 0 amide bonds. The molecule has 5 heteroatoms. The molecule has 1 atom stereocenters. The van der Waals surface area contributed by atoms with Crippen molar-refractivity contribution < 1.29 is 4.74 Å². The van der Waals surface area contributed by atoms with Crippen LogP contribution in [0.3, 0.4) is 0 Å². The van der Waals surface area contributed by atoms with Crippen LogP contribution in [0.1, 0.15) is 24.3 Å². The van der Waals surface area contributed by atoms with Crippen molar-refractivity contribution in [1.82, 2.24) is 10.4 Å². The second kappa shape index (κ2) is 5.17. The minimum Gasteiger partial charge on any atom is -0.377 e. The zero-order valence-corrected chi connectivity index (χ0v) is 11.9. The van der Waals surface area contributed by atoms with E-state index >= 15 is 0 Å². The van der Waals surface area contributed by atoms with E-state index in [-0.39, 0.29) is 11.6 Å². The summed E-state index contributed by atoms with van der Waals surface area (Å²) in [5.74, 6) is 5.73. The van der Waals surface area contributed by atoms with Crippen LogP contribution in [-0.2, 0) is 11.2 Å². The summed E-state index contributed by atoms with van der Waals surface area (Å²) in [4.78, 5) is 4.67. The van der Waals surface area contributed by atoms with Crippen molar-refractivity contribution in [3.63, 3.8) is 0 Å². The van der Waals surface area contributed by atoms with Crippen molar-refractivity contribution in [3.05, 3.63) is 29.3 Å². The van der Waals surface area contributed by atoms with Gasteiger partial charge in [0.15, 0.2) is 0 Å². The van der Waals surface area contributed by atoms with Crippen LogP contribution in [0.2, 0.25) is 0 Å². The van der Waals surface area contributed by atoms with Gasteiger partial charge in [-0.05, 0) is 31.4 Å². The van der Waals surface area contributed by atoms with Gasteiger partial charge in [0.1, 0.15) is 0 Å². The summed E-state index contributed by atoms with van der Waals surface area (Å²) >= 11 is 1.74. The van der Waals surface area contributed by atoms with Crippen LogP contribution in [0.4, 0.5) is 0 Å². The number of para-hydroxylation sites is 1. The minimum atomic E-state index is -0.105. The zero-order valence-electron chi connectivity index (χ0n) is 11.1. The van der Waals surface area contributed by atoms with E-state index in [4.69, 9.17) is 10.6 Å². The van der Waals surface area contributed by atoms with E-state index in [0.717, 1.165) is 29.8 Å². The first-order chi connectivity index (χ1) is 9.27. The molecule has 1 aromatic heterocycles. The lowest BCUT2D eigenvalue weighted by molar-refractivity contribution is -0.0982. The van der Waals surface area contributed by atoms with Crippen molar-refractivity contribution in [1.29, 1.82) is 0 Å². The third-order valence-electron chi connectivity index (χ3n) is 4.16. The maximum atomic E-state index is 5.73. The number of hydrogen-bond donors (Lipinski definition) is 2. The third-order valence-corrected chi connectivity index (χ3v) is 5.22. The number of rotatable bonds is 5. The molecule has 3 rings (SSSR count). The molecule has 19 heavy (non-hydrogen) atoms. The predicted molar refractivity (Wildman–Crippen MR) is 78.0 cm³/mol. The van der Waals surface area contributed by atoms with E-state index in [1.165, 1.54) is 11.1 Å². The number of nitrogens with one attached hydrogen (secondary N) is 1. The van der Waals surface area contributed by atoms with Gasteiger partial charge in [-0.1, -0.05) is 12.1 Å².